The third-order valence-electron chi connectivity index (χ3n) is 2.13. The molecule has 0 saturated carbocycles. The van der Waals surface area contributed by atoms with E-state index >= 15 is 0 Å². The van der Waals surface area contributed by atoms with E-state index in [-0.39, 0.29) is 5.38 Å². The van der Waals surface area contributed by atoms with Gasteiger partial charge in [0.05, 0.1) is 18.1 Å². The molecule has 2 rings (SSSR count). The molecule has 5 heteroatoms. The fraction of sp³-hybridized carbons (Fsp3) is 0.273. The molecule has 0 fully saturated rings. The second-order valence-electron chi connectivity index (χ2n) is 3.27. The van der Waals surface area contributed by atoms with Gasteiger partial charge in [0.25, 0.3) is 5.89 Å². The Labute approximate surface area is 98.2 Å². The lowest BCUT2D eigenvalue weighted by Gasteiger charge is -2.02. The van der Waals surface area contributed by atoms with Gasteiger partial charge in [-0.15, -0.1) is 11.6 Å². The highest BCUT2D eigenvalue weighted by molar-refractivity contribution is 6.20. The molecule has 1 aromatic heterocycles. The van der Waals surface area contributed by atoms with Gasteiger partial charge in [0, 0.05) is 0 Å². The van der Waals surface area contributed by atoms with Gasteiger partial charge in [-0.1, -0.05) is 17.3 Å². The molecule has 1 heterocycles. The minimum atomic E-state index is -0.271. The van der Waals surface area contributed by atoms with Crippen molar-refractivity contribution in [3.63, 3.8) is 0 Å². The van der Waals surface area contributed by atoms with E-state index in [9.17, 15) is 0 Å². The molecule has 0 aliphatic heterocycles. The van der Waals surface area contributed by atoms with Crippen LogP contribution in [0.2, 0.25) is 0 Å². The second kappa shape index (κ2) is 4.53. The van der Waals surface area contributed by atoms with E-state index in [0.717, 1.165) is 5.56 Å². The number of nitrogens with zero attached hydrogens (tertiary/aromatic N) is 2. The Kier molecular flexibility index (Phi) is 3.10. The minimum absolute atomic E-state index is 0.271. The topological polar surface area (TPSA) is 48.2 Å². The van der Waals surface area contributed by atoms with E-state index < -0.39 is 0 Å². The Morgan fingerprint density at radius 3 is 2.75 bits per heavy atom. The predicted octanol–water partition coefficient (Wildman–Crippen LogP) is 3.05. The molecule has 1 atom stereocenters. The van der Waals surface area contributed by atoms with Crippen LogP contribution in [-0.2, 0) is 0 Å². The Bertz CT molecular complexity index is 482. The average molecular weight is 239 g/mol. The van der Waals surface area contributed by atoms with Crippen molar-refractivity contribution in [2.45, 2.75) is 12.3 Å². The Morgan fingerprint density at radius 1 is 1.38 bits per heavy atom. The SMILES string of the molecule is COc1ccccc1-c1nc(C(C)Cl)no1. The zero-order valence-corrected chi connectivity index (χ0v) is 9.73. The monoisotopic (exact) mass is 238 g/mol. The lowest BCUT2D eigenvalue weighted by atomic mass is 10.2. The van der Waals surface area contributed by atoms with E-state index in [4.69, 9.17) is 20.9 Å². The summed E-state index contributed by atoms with van der Waals surface area (Å²) >= 11 is 5.86. The van der Waals surface area contributed by atoms with Gasteiger partial charge >= 0.3 is 0 Å². The summed E-state index contributed by atoms with van der Waals surface area (Å²) in [7, 11) is 1.60. The number of methoxy groups -OCH3 is 1. The van der Waals surface area contributed by atoms with Gasteiger partial charge < -0.3 is 9.26 Å². The summed E-state index contributed by atoms with van der Waals surface area (Å²) in [5.41, 5.74) is 0.765. The number of rotatable bonds is 3. The van der Waals surface area contributed by atoms with Crippen molar-refractivity contribution >= 4 is 11.6 Å². The van der Waals surface area contributed by atoms with Gasteiger partial charge in [0.1, 0.15) is 5.75 Å². The fourth-order valence-electron chi connectivity index (χ4n) is 1.33. The van der Waals surface area contributed by atoms with Crippen LogP contribution in [-0.4, -0.2) is 17.3 Å². The van der Waals surface area contributed by atoms with E-state index in [1.807, 2.05) is 24.3 Å². The maximum atomic E-state index is 5.86. The van der Waals surface area contributed by atoms with Gasteiger partial charge in [0.15, 0.2) is 5.82 Å². The van der Waals surface area contributed by atoms with Crippen molar-refractivity contribution in [1.29, 1.82) is 0 Å². The molecule has 0 amide bonds. The van der Waals surface area contributed by atoms with Crippen LogP contribution in [0.3, 0.4) is 0 Å². The van der Waals surface area contributed by atoms with Crippen LogP contribution >= 0.6 is 11.6 Å². The predicted molar refractivity (Wildman–Crippen MR) is 60.6 cm³/mol. The molecule has 1 unspecified atom stereocenters. The zero-order valence-electron chi connectivity index (χ0n) is 8.98. The summed E-state index contributed by atoms with van der Waals surface area (Å²) in [6.07, 6.45) is 0. The first-order valence-corrected chi connectivity index (χ1v) is 5.27. The number of aromatic nitrogens is 2. The summed E-state index contributed by atoms with van der Waals surface area (Å²) in [4.78, 5) is 4.20. The minimum Gasteiger partial charge on any atom is -0.496 e. The van der Waals surface area contributed by atoms with Crippen molar-refractivity contribution in [2.24, 2.45) is 0 Å². The smallest absolute Gasteiger partial charge is 0.261 e. The standard InChI is InChI=1S/C11H11ClN2O2/c1-7(12)10-13-11(16-14-10)8-5-3-4-6-9(8)15-2/h3-7H,1-2H3. The highest BCUT2D eigenvalue weighted by Crippen LogP contribution is 2.29. The number of hydrogen-bond acceptors (Lipinski definition) is 4. The number of benzene rings is 1. The van der Waals surface area contributed by atoms with Crippen LogP contribution in [0.4, 0.5) is 0 Å². The van der Waals surface area contributed by atoms with Gasteiger partial charge in [-0.2, -0.15) is 4.98 Å². The molecule has 0 spiro atoms. The van der Waals surface area contributed by atoms with Gasteiger partial charge in [-0.05, 0) is 19.1 Å². The maximum Gasteiger partial charge on any atom is 0.261 e. The third kappa shape index (κ3) is 2.02. The van der Waals surface area contributed by atoms with Crippen molar-refractivity contribution in [3.8, 4) is 17.2 Å². The average Bonchev–Trinajstić information content (AvgIpc) is 2.78. The Balaban J connectivity index is 2.42. The van der Waals surface area contributed by atoms with E-state index in [1.54, 1.807) is 14.0 Å². The van der Waals surface area contributed by atoms with Crippen LogP contribution in [0.25, 0.3) is 11.5 Å². The van der Waals surface area contributed by atoms with Crippen LogP contribution in [0.1, 0.15) is 18.1 Å². The largest absolute Gasteiger partial charge is 0.496 e. The summed E-state index contributed by atoms with van der Waals surface area (Å²) in [5.74, 6) is 1.59. The second-order valence-corrected chi connectivity index (χ2v) is 3.93. The summed E-state index contributed by atoms with van der Waals surface area (Å²) in [6, 6.07) is 7.45. The third-order valence-corrected chi connectivity index (χ3v) is 2.33. The maximum absolute atomic E-state index is 5.86. The first kappa shape index (κ1) is 11.0. The molecule has 1 aromatic carbocycles. The van der Waals surface area contributed by atoms with Crippen LogP contribution in [0.15, 0.2) is 28.8 Å². The quantitative estimate of drug-likeness (QED) is 0.771. The molecule has 4 nitrogen and oxygen atoms in total. The van der Waals surface area contributed by atoms with Crippen LogP contribution in [0.5, 0.6) is 5.75 Å². The first-order valence-electron chi connectivity index (χ1n) is 4.83. The molecular weight excluding hydrogens is 228 g/mol. The van der Waals surface area contributed by atoms with Crippen molar-refractivity contribution in [3.05, 3.63) is 30.1 Å². The summed E-state index contributed by atoms with van der Waals surface area (Å²) < 4.78 is 10.3. The van der Waals surface area contributed by atoms with Gasteiger partial charge in [0.2, 0.25) is 0 Å². The first-order chi connectivity index (χ1) is 7.72. The van der Waals surface area contributed by atoms with Gasteiger partial charge in [-0.25, -0.2) is 0 Å². The van der Waals surface area contributed by atoms with Gasteiger partial charge in [-0.3, -0.25) is 0 Å². The van der Waals surface area contributed by atoms with E-state index in [2.05, 4.69) is 10.1 Å². The van der Waals surface area contributed by atoms with Crippen molar-refractivity contribution in [2.75, 3.05) is 7.11 Å². The molecule has 84 valence electrons. The van der Waals surface area contributed by atoms with E-state index in [1.165, 1.54) is 0 Å². The van der Waals surface area contributed by atoms with Crippen LogP contribution in [0, 0.1) is 0 Å². The number of para-hydroxylation sites is 1. The molecule has 0 saturated heterocycles. The highest BCUT2D eigenvalue weighted by Gasteiger charge is 2.15. The molecule has 16 heavy (non-hydrogen) atoms. The van der Waals surface area contributed by atoms with Crippen molar-refractivity contribution < 1.29 is 9.26 Å². The molecule has 2 aromatic rings. The van der Waals surface area contributed by atoms with E-state index in [0.29, 0.717) is 17.5 Å². The normalized spacial score (nSPS) is 12.4. The van der Waals surface area contributed by atoms with Crippen LogP contribution < -0.4 is 4.74 Å². The zero-order chi connectivity index (χ0) is 11.5. The number of halogens is 1. The fourth-order valence-corrected chi connectivity index (χ4v) is 1.42. The molecule has 0 aliphatic carbocycles. The Hall–Kier alpha value is -1.55. The number of ether oxygens (including phenoxy) is 1. The number of hydrogen-bond donors (Lipinski definition) is 0. The lowest BCUT2D eigenvalue weighted by Crippen LogP contribution is -1.89. The molecule has 0 N–H and O–H groups in total. The Morgan fingerprint density at radius 2 is 2.12 bits per heavy atom. The summed E-state index contributed by atoms with van der Waals surface area (Å²) in [5, 5.41) is 3.52. The molecular formula is C11H11ClN2O2. The molecule has 0 radical (unpaired) electrons. The highest BCUT2D eigenvalue weighted by atomic mass is 35.5. The summed E-state index contributed by atoms with van der Waals surface area (Å²) in [6.45, 7) is 1.79. The lowest BCUT2D eigenvalue weighted by molar-refractivity contribution is 0.403. The molecule has 0 bridgehead atoms. The van der Waals surface area contributed by atoms with Crippen molar-refractivity contribution in [1.82, 2.24) is 10.1 Å². The number of alkyl halides is 1. The molecule has 0 aliphatic rings.